The second kappa shape index (κ2) is 9.92. The molecule has 2 aliphatic rings. The summed E-state index contributed by atoms with van der Waals surface area (Å²) in [4.78, 5) is 11.8. The van der Waals surface area contributed by atoms with Crippen molar-refractivity contribution in [2.75, 3.05) is 4.90 Å². The molecule has 2 atom stereocenters. The number of amidine groups is 1. The number of rotatable bonds is 4. The first-order valence-electron chi connectivity index (χ1n) is 15.0. The Bertz CT molecular complexity index is 2290. The van der Waals surface area contributed by atoms with Crippen molar-refractivity contribution < 1.29 is 4.42 Å². The highest BCUT2D eigenvalue weighted by Crippen LogP contribution is 2.41. The Hall–Kier alpha value is -5.74. The molecule has 4 nitrogen and oxygen atoms in total. The van der Waals surface area contributed by atoms with E-state index < -0.39 is 0 Å². The van der Waals surface area contributed by atoms with Gasteiger partial charge >= 0.3 is 0 Å². The highest BCUT2D eigenvalue weighted by molar-refractivity contribution is 6.16. The molecular formula is C40H27N3O. The number of hydrogen-bond acceptors (Lipinski definition) is 4. The summed E-state index contributed by atoms with van der Waals surface area (Å²) in [6.07, 6.45) is 12.4. The molecule has 0 amide bonds. The van der Waals surface area contributed by atoms with Gasteiger partial charge in [0.2, 0.25) is 0 Å². The van der Waals surface area contributed by atoms with Gasteiger partial charge in [0, 0.05) is 39.8 Å². The van der Waals surface area contributed by atoms with E-state index >= 15 is 0 Å². The van der Waals surface area contributed by atoms with Crippen LogP contribution in [0.4, 0.5) is 5.69 Å². The lowest BCUT2D eigenvalue weighted by atomic mass is 9.94. The van der Waals surface area contributed by atoms with E-state index in [4.69, 9.17) is 9.41 Å². The van der Waals surface area contributed by atoms with Gasteiger partial charge in [-0.1, -0.05) is 103 Å². The summed E-state index contributed by atoms with van der Waals surface area (Å²) in [5.41, 5.74) is 8.69. The van der Waals surface area contributed by atoms with Gasteiger partial charge in [0.15, 0.2) is 0 Å². The van der Waals surface area contributed by atoms with E-state index in [1.165, 1.54) is 10.9 Å². The Morgan fingerprint density at radius 1 is 0.614 bits per heavy atom. The Labute approximate surface area is 254 Å². The first kappa shape index (κ1) is 24.8. The van der Waals surface area contributed by atoms with Gasteiger partial charge < -0.3 is 9.32 Å². The van der Waals surface area contributed by atoms with Gasteiger partial charge in [-0.2, -0.15) is 0 Å². The molecular weight excluding hydrogens is 538 g/mol. The summed E-state index contributed by atoms with van der Waals surface area (Å²) in [6, 6.07) is 41.0. The van der Waals surface area contributed by atoms with E-state index in [1.54, 1.807) is 0 Å². The number of nitrogens with zero attached hydrogens (tertiary/aromatic N) is 3. The summed E-state index contributed by atoms with van der Waals surface area (Å²) >= 11 is 0. The minimum absolute atomic E-state index is 0.110. The predicted molar refractivity (Wildman–Crippen MR) is 181 cm³/mol. The minimum atomic E-state index is 0.110. The lowest BCUT2D eigenvalue weighted by molar-refractivity contribution is 0.669. The van der Waals surface area contributed by atoms with Crippen LogP contribution in [-0.2, 0) is 0 Å². The zero-order chi connectivity index (χ0) is 29.0. The zero-order valence-electron chi connectivity index (χ0n) is 23.8. The third-order valence-electron chi connectivity index (χ3n) is 8.85. The predicted octanol–water partition coefficient (Wildman–Crippen LogP) is 9.60. The molecule has 9 rings (SSSR count). The standard InChI is InChI=1S/C40H27N3O/c1-2-8-27(9-3-1)40-42-35-13-4-5-14-36(35)43(40)30-19-16-26(17-20-30)28-18-21-37-34(24-28)39-33(12-7-15-38(39)44-37)32-11-6-10-29-25-41-23-22-31(29)32/h1-25,35-36H. The van der Waals surface area contributed by atoms with Crippen molar-refractivity contribution in [3.05, 3.63) is 158 Å². The number of furan rings is 1. The maximum Gasteiger partial charge on any atom is 0.136 e. The molecule has 0 fully saturated rings. The fourth-order valence-corrected chi connectivity index (χ4v) is 6.78. The number of allylic oxidation sites excluding steroid dienone is 2. The maximum absolute atomic E-state index is 6.36. The molecule has 0 saturated carbocycles. The molecule has 0 saturated heterocycles. The maximum atomic E-state index is 6.36. The van der Waals surface area contributed by atoms with E-state index in [1.807, 2.05) is 18.5 Å². The van der Waals surface area contributed by atoms with Crippen molar-refractivity contribution in [1.82, 2.24) is 4.98 Å². The van der Waals surface area contributed by atoms with Crippen molar-refractivity contribution in [2.45, 2.75) is 12.1 Å². The molecule has 208 valence electrons. The van der Waals surface area contributed by atoms with Crippen LogP contribution in [0.15, 0.2) is 161 Å². The average molecular weight is 566 g/mol. The van der Waals surface area contributed by atoms with Crippen LogP contribution in [0.2, 0.25) is 0 Å². The van der Waals surface area contributed by atoms with Gasteiger partial charge in [-0.3, -0.25) is 9.98 Å². The first-order valence-corrected chi connectivity index (χ1v) is 15.0. The van der Waals surface area contributed by atoms with Crippen LogP contribution in [0.25, 0.3) is 55.0 Å². The van der Waals surface area contributed by atoms with Gasteiger partial charge in [-0.15, -0.1) is 0 Å². The summed E-state index contributed by atoms with van der Waals surface area (Å²) in [5, 5.41) is 4.56. The molecule has 0 N–H and O–H groups in total. The van der Waals surface area contributed by atoms with Crippen molar-refractivity contribution >= 4 is 44.2 Å². The lowest BCUT2D eigenvalue weighted by Gasteiger charge is -2.29. The van der Waals surface area contributed by atoms with Crippen LogP contribution in [0.3, 0.4) is 0 Å². The molecule has 1 aliphatic carbocycles. The average Bonchev–Trinajstić information content (AvgIpc) is 3.67. The van der Waals surface area contributed by atoms with Crippen LogP contribution >= 0.6 is 0 Å². The Morgan fingerprint density at radius 2 is 1.43 bits per heavy atom. The molecule has 4 heteroatoms. The summed E-state index contributed by atoms with van der Waals surface area (Å²) < 4.78 is 6.36. The van der Waals surface area contributed by atoms with Gasteiger partial charge in [0.05, 0.1) is 12.1 Å². The summed E-state index contributed by atoms with van der Waals surface area (Å²) in [5.74, 6) is 1.01. The smallest absolute Gasteiger partial charge is 0.136 e. The quantitative estimate of drug-likeness (QED) is 0.213. The molecule has 0 radical (unpaired) electrons. The first-order chi connectivity index (χ1) is 21.8. The molecule has 0 bridgehead atoms. The minimum Gasteiger partial charge on any atom is -0.456 e. The van der Waals surface area contributed by atoms with Crippen LogP contribution in [0.1, 0.15) is 5.56 Å². The third-order valence-corrected chi connectivity index (χ3v) is 8.85. The zero-order valence-corrected chi connectivity index (χ0v) is 23.8. The van der Waals surface area contributed by atoms with Gasteiger partial charge in [-0.05, 0) is 64.0 Å². The van der Waals surface area contributed by atoms with Crippen LogP contribution < -0.4 is 4.90 Å². The van der Waals surface area contributed by atoms with E-state index in [9.17, 15) is 0 Å². The summed E-state index contributed by atoms with van der Waals surface area (Å²) in [6.45, 7) is 0. The van der Waals surface area contributed by atoms with E-state index in [-0.39, 0.29) is 12.1 Å². The number of fused-ring (bicyclic) bond motifs is 5. The highest BCUT2D eigenvalue weighted by atomic mass is 16.3. The van der Waals surface area contributed by atoms with E-state index in [2.05, 4.69) is 143 Å². The van der Waals surface area contributed by atoms with Gasteiger partial charge in [-0.25, -0.2) is 0 Å². The topological polar surface area (TPSA) is 41.6 Å². The fourth-order valence-electron chi connectivity index (χ4n) is 6.78. The molecule has 44 heavy (non-hydrogen) atoms. The second-order valence-corrected chi connectivity index (χ2v) is 11.4. The van der Waals surface area contributed by atoms with Crippen molar-refractivity contribution in [3.63, 3.8) is 0 Å². The highest BCUT2D eigenvalue weighted by Gasteiger charge is 2.35. The van der Waals surface area contributed by atoms with Crippen molar-refractivity contribution in [3.8, 4) is 22.3 Å². The van der Waals surface area contributed by atoms with Crippen molar-refractivity contribution in [2.24, 2.45) is 4.99 Å². The monoisotopic (exact) mass is 565 g/mol. The number of aromatic nitrogens is 1. The second-order valence-electron chi connectivity index (χ2n) is 11.4. The molecule has 1 aliphatic heterocycles. The van der Waals surface area contributed by atoms with Crippen molar-refractivity contribution in [1.29, 1.82) is 0 Å². The van der Waals surface area contributed by atoms with Gasteiger partial charge in [0.25, 0.3) is 0 Å². The number of pyridine rings is 1. The molecule has 3 heterocycles. The van der Waals surface area contributed by atoms with E-state index in [0.29, 0.717) is 0 Å². The Balaban J connectivity index is 1.13. The van der Waals surface area contributed by atoms with Crippen LogP contribution in [0, 0.1) is 0 Å². The lowest BCUT2D eigenvalue weighted by Crippen LogP contribution is -2.39. The largest absolute Gasteiger partial charge is 0.456 e. The Kier molecular flexibility index (Phi) is 5.60. The van der Waals surface area contributed by atoms with Crippen LogP contribution in [0.5, 0.6) is 0 Å². The third kappa shape index (κ3) is 3.92. The number of aliphatic imine (C=N–C) groups is 1. The molecule has 5 aromatic carbocycles. The molecule has 2 aromatic heterocycles. The summed E-state index contributed by atoms with van der Waals surface area (Å²) in [7, 11) is 0. The van der Waals surface area contributed by atoms with Gasteiger partial charge in [0.1, 0.15) is 17.0 Å². The van der Waals surface area contributed by atoms with E-state index in [0.717, 1.165) is 61.1 Å². The number of benzene rings is 5. The number of hydrogen-bond donors (Lipinski definition) is 0. The SMILES string of the molecule is C1=CC2N=C(c3ccccc3)N(c3ccc(-c4ccc5oc6cccc(-c7cccc8cnccc78)c6c5c4)cc3)C2C=C1. The normalized spacial score (nSPS) is 17.5. The molecule has 0 spiro atoms. The molecule has 7 aromatic rings. The number of anilines is 1. The van der Waals surface area contributed by atoms with Crippen LogP contribution in [-0.4, -0.2) is 22.9 Å². The fraction of sp³-hybridized carbons (Fsp3) is 0.0500. The molecule has 2 unspecified atom stereocenters. The Morgan fingerprint density at radius 3 is 2.34 bits per heavy atom.